The van der Waals surface area contributed by atoms with E-state index in [0.29, 0.717) is 18.7 Å². The summed E-state index contributed by atoms with van der Waals surface area (Å²) in [6.45, 7) is 9.04. The van der Waals surface area contributed by atoms with Crippen LogP contribution >= 0.6 is 0 Å². The van der Waals surface area contributed by atoms with Crippen molar-refractivity contribution in [2.24, 2.45) is 0 Å². The molecule has 0 bridgehead atoms. The van der Waals surface area contributed by atoms with Crippen molar-refractivity contribution in [3.8, 4) is 0 Å². The maximum Gasteiger partial charge on any atom is 0.289 e. The number of fused-ring (bicyclic) bond motifs is 1. The largest absolute Gasteiger partial charge is 0.347 e. The van der Waals surface area contributed by atoms with Crippen LogP contribution < -0.4 is 21.3 Å². The van der Waals surface area contributed by atoms with Gasteiger partial charge >= 0.3 is 0 Å². The fraction of sp³-hybridized carbons (Fsp3) is 0.389. The smallest absolute Gasteiger partial charge is 0.289 e. The number of amides is 5. The van der Waals surface area contributed by atoms with Gasteiger partial charge in [0.1, 0.15) is 6.04 Å². The van der Waals surface area contributed by atoms with Crippen molar-refractivity contribution in [1.29, 1.82) is 0 Å². The van der Waals surface area contributed by atoms with Crippen molar-refractivity contribution in [3.05, 3.63) is 83.9 Å². The van der Waals surface area contributed by atoms with Gasteiger partial charge in [0.05, 0.1) is 19.6 Å². The Morgan fingerprint density at radius 1 is 0.729 bits per heavy atom. The quantitative estimate of drug-likeness (QED) is 0.243. The third-order valence-electron chi connectivity index (χ3n) is 7.09. The van der Waals surface area contributed by atoms with E-state index in [1.54, 1.807) is 17.0 Å². The first-order valence-electron chi connectivity index (χ1n) is 16.1. The van der Waals surface area contributed by atoms with Crippen molar-refractivity contribution in [3.63, 3.8) is 0 Å². The molecule has 4 N–H and O–H groups in total. The maximum atomic E-state index is 12.6. The van der Waals surface area contributed by atoms with Gasteiger partial charge in [-0.15, -0.1) is 0 Å². The first-order chi connectivity index (χ1) is 23.0. The van der Waals surface area contributed by atoms with E-state index in [9.17, 15) is 28.8 Å². The van der Waals surface area contributed by atoms with E-state index in [2.05, 4.69) is 59.1 Å². The summed E-state index contributed by atoms with van der Waals surface area (Å²) >= 11 is 0. The molecule has 12 nitrogen and oxygen atoms in total. The number of nitrogens with one attached hydrogen (secondary N) is 4. The average molecular weight is 661 g/mol. The minimum Gasteiger partial charge on any atom is -0.347 e. The maximum absolute atomic E-state index is 12.6. The topological polar surface area (TPSA) is 157 Å². The second-order valence-electron chi connectivity index (χ2n) is 11.4. The fourth-order valence-corrected chi connectivity index (χ4v) is 4.39. The van der Waals surface area contributed by atoms with E-state index in [0.717, 1.165) is 23.9 Å². The molecule has 0 saturated carbocycles. The highest BCUT2D eigenvalue weighted by molar-refractivity contribution is 6.37. The number of benzene rings is 3. The molecule has 1 atom stereocenters. The number of Topliss-reactive ketones (excluding diaryl/α,β-unsaturated/α-hetero) is 1. The molecular weight excluding hydrogens is 612 g/mol. The molecule has 0 aliphatic carbocycles. The van der Waals surface area contributed by atoms with Crippen LogP contribution in [0.15, 0.2) is 72.8 Å². The van der Waals surface area contributed by atoms with E-state index in [1.165, 1.54) is 18.9 Å². The molecule has 0 unspecified atom stereocenters. The molecular formula is C36H48N6O6. The number of hydrogen-bond donors (Lipinski definition) is 4. The molecule has 1 aliphatic heterocycles. The first kappa shape index (κ1) is 39.1. The number of likely N-dealkylation sites (N-methyl/N-ethyl adjacent to an activating group) is 1. The van der Waals surface area contributed by atoms with E-state index in [1.807, 2.05) is 55.6 Å². The van der Waals surface area contributed by atoms with Crippen LogP contribution in [0.5, 0.6) is 0 Å². The van der Waals surface area contributed by atoms with Crippen LogP contribution in [-0.2, 0) is 24.0 Å². The van der Waals surface area contributed by atoms with Gasteiger partial charge in [-0.1, -0.05) is 92.6 Å². The third kappa shape index (κ3) is 13.7. The highest BCUT2D eigenvalue weighted by atomic mass is 16.2. The van der Waals surface area contributed by atoms with Crippen LogP contribution in [0, 0.1) is 6.92 Å². The van der Waals surface area contributed by atoms with Crippen molar-refractivity contribution in [2.75, 3.05) is 52.9 Å². The molecule has 0 aromatic heterocycles. The zero-order valence-corrected chi connectivity index (χ0v) is 28.5. The summed E-state index contributed by atoms with van der Waals surface area (Å²) in [6, 6.07) is 21.9. The number of nitrogens with zero attached hydrogens (tertiary/aromatic N) is 2. The van der Waals surface area contributed by atoms with Crippen molar-refractivity contribution >= 4 is 46.1 Å². The van der Waals surface area contributed by atoms with E-state index in [4.69, 9.17) is 0 Å². The molecule has 0 radical (unpaired) electrons. The van der Waals surface area contributed by atoms with Crippen LogP contribution in [0.1, 0.15) is 43.1 Å². The minimum absolute atomic E-state index is 0.285. The zero-order valence-electron chi connectivity index (χ0n) is 28.5. The molecule has 3 aromatic rings. The number of hydrogen-bond acceptors (Lipinski definition) is 7. The van der Waals surface area contributed by atoms with E-state index in [-0.39, 0.29) is 19.0 Å². The van der Waals surface area contributed by atoms with Gasteiger partial charge in [0.2, 0.25) is 23.5 Å². The Kier molecular flexibility index (Phi) is 17.0. The van der Waals surface area contributed by atoms with Gasteiger partial charge in [-0.3, -0.25) is 28.8 Å². The monoisotopic (exact) mass is 660 g/mol. The number of aryl methyl sites for hydroxylation is 1. The Morgan fingerprint density at radius 3 is 1.96 bits per heavy atom. The highest BCUT2D eigenvalue weighted by Crippen LogP contribution is 2.18. The fourth-order valence-electron chi connectivity index (χ4n) is 4.39. The van der Waals surface area contributed by atoms with E-state index >= 15 is 0 Å². The average Bonchev–Trinajstić information content (AvgIpc) is 3.09. The predicted molar refractivity (Wildman–Crippen MR) is 186 cm³/mol. The van der Waals surface area contributed by atoms with Gasteiger partial charge in [0, 0.05) is 31.7 Å². The summed E-state index contributed by atoms with van der Waals surface area (Å²) in [7, 11) is 1.95. The minimum atomic E-state index is -1.02. The summed E-state index contributed by atoms with van der Waals surface area (Å²) in [5, 5.41) is 11.1. The molecule has 12 heteroatoms. The van der Waals surface area contributed by atoms with Gasteiger partial charge in [0.15, 0.2) is 0 Å². The van der Waals surface area contributed by atoms with E-state index < -0.39 is 42.0 Å². The standard InChI is InChI=1S/C26H32N6O6.C7H8.C3H8/c1-17(30-22(34)15-28-25(37)20-9-5-7-18-6-3-4-8-19(18)20)24(36)27-14-21(33)26(38)29-16-23(35)32-12-10-31(2)11-13-32;1-7-5-3-2-4-6-7;1-3-2/h3-9,17H,10-16H2,1-2H3,(H,27,36)(H,28,37)(H,29,38)(H,30,34);2-6H,1H3;3H2,1-2H3/t17-;;/m0../s1. The Bertz CT molecular complexity index is 1520. The lowest BCUT2D eigenvalue weighted by Gasteiger charge is -2.32. The summed E-state index contributed by atoms with van der Waals surface area (Å²) in [4.78, 5) is 76.9. The number of carbonyl (C=O) groups excluding carboxylic acids is 6. The molecule has 1 saturated heterocycles. The van der Waals surface area contributed by atoms with Gasteiger partial charge in [-0.2, -0.15) is 0 Å². The Balaban J connectivity index is 0.000000688. The number of ketones is 1. The summed E-state index contributed by atoms with van der Waals surface area (Å²) in [6.07, 6.45) is 1.25. The second-order valence-corrected chi connectivity index (χ2v) is 11.4. The lowest BCUT2D eigenvalue weighted by molar-refractivity contribution is -0.140. The Morgan fingerprint density at radius 2 is 1.33 bits per heavy atom. The van der Waals surface area contributed by atoms with Crippen LogP contribution in [0.25, 0.3) is 10.8 Å². The van der Waals surface area contributed by atoms with Crippen molar-refractivity contribution in [1.82, 2.24) is 31.1 Å². The molecule has 0 spiro atoms. The predicted octanol–water partition coefficient (Wildman–Crippen LogP) is 2.06. The van der Waals surface area contributed by atoms with Gasteiger partial charge in [-0.25, -0.2) is 0 Å². The molecule has 5 amide bonds. The van der Waals surface area contributed by atoms with Crippen molar-refractivity contribution < 1.29 is 28.8 Å². The SMILES string of the molecule is CCC.C[C@H](NC(=O)CNC(=O)c1cccc2ccccc12)C(=O)NCC(=O)C(=O)NCC(=O)N1CCN(C)CC1.Cc1ccccc1. The number of rotatable bonds is 10. The van der Waals surface area contributed by atoms with Gasteiger partial charge in [0.25, 0.3) is 11.8 Å². The zero-order chi connectivity index (χ0) is 35.5. The molecule has 3 aromatic carbocycles. The molecule has 1 heterocycles. The first-order valence-corrected chi connectivity index (χ1v) is 16.1. The Hall–Kier alpha value is -5.10. The van der Waals surface area contributed by atoms with Crippen LogP contribution in [0.4, 0.5) is 0 Å². The molecule has 4 rings (SSSR count). The van der Waals surface area contributed by atoms with Crippen molar-refractivity contribution in [2.45, 2.75) is 40.2 Å². The lowest BCUT2D eigenvalue weighted by Crippen LogP contribution is -2.51. The summed E-state index contributed by atoms with van der Waals surface area (Å²) < 4.78 is 0. The van der Waals surface area contributed by atoms with Crippen LogP contribution in [0.3, 0.4) is 0 Å². The normalized spacial score (nSPS) is 13.0. The lowest BCUT2D eigenvalue weighted by atomic mass is 10.0. The molecule has 1 aliphatic rings. The van der Waals surface area contributed by atoms with Gasteiger partial charge < -0.3 is 31.1 Å². The molecule has 48 heavy (non-hydrogen) atoms. The number of piperazine rings is 1. The Labute approximate surface area is 282 Å². The van der Waals surface area contributed by atoms with Gasteiger partial charge in [-0.05, 0) is 37.7 Å². The highest BCUT2D eigenvalue weighted by Gasteiger charge is 2.22. The molecule has 1 fully saturated rings. The third-order valence-corrected chi connectivity index (χ3v) is 7.09. The van der Waals surface area contributed by atoms with Crippen LogP contribution in [0.2, 0.25) is 0 Å². The summed E-state index contributed by atoms with van der Waals surface area (Å²) in [5.74, 6) is -3.92. The number of carbonyl (C=O) groups is 6. The van der Waals surface area contributed by atoms with Crippen LogP contribution in [-0.4, -0.2) is 104 Å². The summed E-state index contributed by atoms with van der Waals surface area (Å²) in [5.41, 5.74) is 1.74. The molecule has 258 valence electrons. The second kappa shape index (κ2) is 20.9.